The van der Waals surface area contributed by atoms with Crippen molar-refractivity contribution < 1.29 is 0 Å². The Bertz CT molecular complexity index is 976. The highest BCUT2D eigenvalue weighted by Gasteiger charge is 2.15. The maximum absolute atomic E-state index is 12.8. The lowest BCUT2D eigenvalue weighted by Gasteiger charge is -2.10. The van der Waals surface area contributed by atoms with E-state index >= 15 is 0 Å². The van der Waals surface area contributed by atoms with Crippen LogP contribution >= 0.6 is 11.3 Å². The minimum Gasteiger partial charge on any atom is -0.292 e. The summed E-state index contributed by atoms with van der Waals surface area (Å²) in [6.45, 7) is 6.16. The van der Waals surface area contributed by atoms with Gasteiger partial charge in [-0.2, -0.15) is 5.26 Å². The Morgan fingerprint density at radius 1 is 1.27 bits per heavy atom. The molecule has 0 amide bonds. The molecule has 2 aromatic heterocycles. The van der Waals surface area contributed by atoms with Gasteiger partial charge < -0.3 is 0 Å². The quantitative estimate of drug-likeness (QED) is 0.729. The van der Waals surface area contributed by atoms with Crippen LogP contribution in [0.15, 0.2) is 29.1 Å². The molecule has 0 bridgehead atoms. The van der Waals surface area contributed by atoms with Gasteiger partial charge in [-0.25, -0.2) is 4.98 Å². The molecule has 0 radical (unpaired) electrons. The van der Waals surface area contributed by atoms with Gasteiger partial charge >= 0.3 is 0 Å². The number of aromatic nitrogens is 2. The van der Waals surface area contributed by atoms with Gasteiger partial charge in [0, 0.05) is 4.88 Å². The molecule has 5 heteroatoms. The average molecular weight is 309 g/mol. The molecule has 1 aromatic carbocycles. The van der Waals surface area contributed by atoms with Gasteiger partial charge in [-0.05, 0) is 38.0 Å². The molecular formula is C17H15N3OS. The number of rotatable bonds is 2. The highest BCUT2D eigenvalue weighted by molar-refractivity contribution is 7.18. The van der Waals surface area contributed by atoms with E-state index in [2.05, 4.69) is 11.1 Å². The summed E-state index contributed by atoms with van der Waals surface area (Å²) in [7, 11) is 0. The maximum atomic E-state index is 12.8. The zero-order chi connectivity index (χ0) is 15.9. The Hall–Kier alpha value is -2.45. The number of nitrogens with zero attached hydrogens (tertiary/aromatic N) is 3. The summed E-state index contributed by atoms with van der Waals surface area (Å²) in [5.74, 6) is 0.673. The minimum absolute atomic E-state index is 0.0305. The third-order valence-electron chi connectivity index (χ3n) is 3.95. The van der Waals surface area contributed by atoms with Crippen molar-refractivity contribution in [3.63, 3.8) is 0 Å². The second-order valence-electron chi connectivity index (χ2n) is 5.28. The van der Waals surface area contributed by atoms with Gasteiger partial charge in [-0.1, -0.05) is 18.2 Å². The van der Waals surface area contributed by atoms with Gasteiger partial charge in [0.25, 0.3) is 5.56 Å². The van der Waals surface area contributed by atoms with Crippen LogP contribution in [0.2, 0.25) is 0 Å². The molecule has 110 valence electrons. The predicted molar refractivity (Wildman–Crippen MR) is 88.4 cm³/mol. The van der Waals surface area contributed by atoms with Crippen LogP contribution in [-0.2, 0) is 6.54 Å². The topological polar surface area (TPSA) is 58.7 Å². The fourth-order valence-corrected chi connectivity index (χ4v) is 3.62. The van der Waals surface area contributed by atoms with Crippen molar-refractivity contribution in [1.82, 2.24) is 9.55 Å². The minimum atomic E-state index is -0.0305. The fraction of sp³-hybridized carbons (Fsp3) is 0.235. The molecule has 0 aliphatic carbocycles. The normalized spacial score (nSPS) is 10.8. The molecule has 22 heavy (non-hydrogen) atoms. The molecule has 0 saturated carbocycles. The molecule has 2 heterocycles. The maximum Gasteiger partial charge on any atom is 0.262 e. The molecular weight excluding hydrogens is 294 g/mol. The number of hydrogen-bond acceptors (Lipinski definition) is 4. The van der Waals surface area contributed by atoms with E-state index in [1.807, 2.05) is 39.0 Å². The second-order valence-corrected chi connectivity index (χ2v) is 6.49. The predicted octanol–water partition coefficient (Wildman–Crippen LogP) is 3.30. The zero-order valence-electron chi connectivity index (χ0n) is 12.7. The van der Waals surface area contributed by atoms with Gasteiger partial charge in [-0.15, -0.1) is 11.3 Å². The van der Waals surface area contributed by atoms with Crippen LogP contribution in [0, 0.1) is 32.1 Å². The molecule has 0 unspecified atom stereocenters. The van der Waals surface area contributed by atoms with Crippen LogP contribution in [0.3, 0.4) is 0 Å². The van der Waals surface area contributed by atoms with Crippen molar-refractivity contribution in [2.75, 3.05) is 0 Å². The molecule has 0 aliphatic heterocycles. The second kappa shape index (κ2) is 5.39. The number of thiophene rings is 1. The molecule has 0 fully saturated rings. The third kappa shape index (κ3) is 2.22. The Labute approximate surface area is 132 Å². The lowest BCUT2D eigenvalue weighted by molar-refractivity contribution is 0.712. The SMILES string of the molecule is Cc1sc2nc(C)n(Cc3ccccc3C#N)c(=O)c2c1C. The van der Waals surface area contributed by atoms with Crippen molar-refractivity contribution in [3.8, 4) is 6.07 Å². The van der Waals surface area contributed by atoms with E-state index in [-0.39, 0.29) is 5.56 Å². The van der Waals surface area contributed by atoms with Gasteiger partial charge in [0.15, 0.2) is 0 Å². The summed E-state index contributed by atoms with van der Waals surface area (Å²) < 4.78 is 1.65. The monoisotopic (exact) mass is 309 g/mol. The summed E-state index contributed by atoms with van der Waals surface area (Å²) in [5, 5.41) is 9.90. The first-order valence-corrected chi connectivity index (χ1v) is 7.79. The van der Waals surface area contributed by atoms with E-state index < -0.39 is 0 Å². The lowest BCUT2D eigenvalue weighted by atomic mass is 10.1. The largest absolute Gasteiger partial charge is 0.292 e. The summed E-state index contributed by atoms with van der Waals surface area (Å²) in [5.41, 5.74) is 2.39. The number of nitriles is 1. The third-order valence-corrected chi connectivity index (χ3v) is 5.05. The first-order chi connectivity index (χ1) is 10.5. The van der Waals surface area contributed by atoms with Gasteiger partial charge in [-0.3, -0.25) is 9.36 Å². The fourth-order valence-electron chi connectivity index (χ4n) is 2.55. The smallest absolute Gasteiger partial charge is 0.262 e. The van der Waals surface area contributed by atoms with E-state index in [1.165, 1.54) is 0 Å². The first kappa shape index (κ1) is 14.5. The number of hydrogen-bond donors (Lipinski definition) is 0. The van der Waals surface area contributed by atoms with Crippen LogP contribution in [-0.4, -0.2) is 9.55 Å². The van der Waals surface area contributed by atoms with E-state index in [4.69, 9.17) is 0 Å². The van der Waals surface area contributed by atoms with Gasteiger partial charge in [0.2, 0.25) is 0 Å². The summed E-state index contributed by atoms with van der Waals surface area (Å²) in [6, 6.07) is 9.52. The van der Waals surface area contributed by atoms with Crippen LogP contribution in [0.25, 0.3) is 10.2 Å². The average Bonchev–Trinajstić information content (AvgIpc) is 2.78. The van der Waals surface area contributed by atoms with Crippen molar-refractivity contribution in [3.05, 3.63) is 62.0 Å². The standard InChI is InChI=1S/C17H15N3OS/c1-10-11(2)22-16-15(10)17(21)20(12(3)19-16)9-14-7-5-4-6-13(14)8-18/h4-7H,9H2,1-3H3. The van der Waals surface area contributed by atoms with Gasteiger partial charge in [0.05, 0.1) is 23.6 Å². The lowest BCUT2D eigenvalue weighted by Crippen LogP contribution is -2.24. The molecule has 0 aliphatic rings. The summed E-state index contributed by atoms with van der Waals surface area (Å²) >= 11 is 1.55. The molecule has 3 rings (SSSR count). The zero-order valence-corrected chi connectivity index (χ0v) is 13.5. The Kier molecular flexibility index (Phi) is 3.55. The molecule has 0 saturated heterocycles. The first-order valence-electron chi connectivity index (χ1n) is 6.98. The molecule has 4 nitrogen and oxygen atoms in total. The highest BCUT2D eigenvalue weighted by atomic mass is 32.1. The Morgan fingerprint density at radius 3 is 2.73 bits per heavy atom. The highest BCUT2D eigenvalue weighted by Crippen LogP contribution is 2.26. The molecule has 0 atom stereocenters. The van der Waals surface area contributed by atoms with Crippen LogP contribution in [0.5, 0.6) is 0 Å². The van der Waals surface area contributed by atoms with Gasteiger partial charge in [0.1, 0.15) is 10.7 Å². The molecule has 3 aromatic rings. The number of aryl methyl sites for hydroxylation is 3. The Balaban J connectivity index is 2.22. The summed E-state index contributed by atoms with van der Waals surface area (Å²) in [6.07, 6.45) is 0. The van der Waals surface area contributed by atoms with Crippen molar-refractivity contribution in [1.29, 1.82) is 5.26 Å². The van der Waals surface area contributed by atoms with Crippen molar-refractivity contribution >= 4 is 21.6 Å². The van der Waals surface area contributed by atoms with Crippen molar-refractivity contribution in [2.24, 2.45) is 0 Å². The van der Waals surface area contributed by atoms with E-state index in [0.717, 1.165) is 20.8 Å². The number of benzene rings is 1. The van der Waals surface area contributed by atoms with Crippen molar-refractivity contribution in [2.45, 2.75) is 27.3 Å². The van der Waals surface area contributed by atoms with Crippen LogP contribution in [0.1, 0.15) is 27.4 Å². The molecule has 0 N–H and O–H groups in total. The molecule has 0 spiro atoms. The van der Waals surface area contributed by atoms with Crippen LogP contribution in [0.4, 0.5) is 0 Å². The number of fused-ring (bicyclic) bond motifs is 1. The summed E-state index contributed by atoms with van der Waals surface area (Å²) in [4.78, 5) is 19.3. The van der Waals surface area contributed by atoms with E-state index in [0.29, 0.717) is 23.3 Å². The Morgan fingerprint density at radius 2 is 2.00 bits per heavy atom. The van der Waals surface area contributed by atoms with E-state index in [9.17, 15) is 10.1 Å². The van der Waals surface area contributed by atoms with E-state index in [1.54, 1.807) is 22.0 Å². The van der Waals surface area contributed by atoms with Crippen LogP contribution < -0.4 is 5.56 Å².